The Hall–Kier alpha value is -0.210. The molecule has 3 unspecified atom stereocenters. The molecule has 0 aromatic carbocycles. The number of alkyl halides is 4. The van der Waals surface area contributed by atoms with Crippen molar-refractivity contribution in [2.45, 2.75) is 50.1 Å². The molecular weight excluding hydrogens is 252 g/mol. The smallest absolute Gasteiger partial charge is 0.392 e. The van der Waals surface area contributed by atoms with Gasteiger partial charge in [0.2, 0.25) is 0 Å². The van der Waals surface area contributed by atoms with Gasteiger partial charge in [0.25, 0.3) is 0 Å². The van der Waals surface area contributed by atoms with Crippen LogP contribution in [0, 0.1) is 0 Å². The van der Waals surface area contributed by atoms with Gasteiger partial charge < -0.3 is 4.55 Å². The quantitative estimate of drug-likeness (QED) is 0.580. The summed E-state index contributed by atoms with van der Waals surface area (Å²) in [5.74, 6) is 0. The van der Waals surface area contributed by atoms with Gasteiger partial charge in [-0.3, -0.25) is 4.18 Å². The van der Waals surface area contributed by atoms with Crippen LogP contribution in [-0.4, -0.2) is 26.7 Å². The van der Waals surface area contributed by atoms with E-state index in [2.05, 4.69) is 4.18 Å². The average molecular weight is 263 g/mol. The highest BCUT2D eigenvalue weighted by Crippen LogP contribution is 2.42. The van der Waals surface area contributed by atoms with E-state index in [-0.39, 0.29) is 12.8 Å². The molecule has 0 aromatic rings. The Kier molecular flexibility index (Phi) is 4.30. The summed E-state index contributed by atoms with van der Waals surface area (Å²) in [6, 6.07) is 0. The van der Waals surface area contributed by atoms with E-state index in [1.165, 1.54) is 0 Å². The molecule has 3 nitrogen and oxygen atoms in total. The second-order valence-electron chi connectivity index (χ2n) is 3.86. The van der Waals surface area contributed by atoms with Crippen molar-refractivity contribution in [2.24, 2.45) is 0 Å². The summed E-state index contributed by atoms with van der Waals surface area (Å²) in [7, 11) is 0. The lowest BCUT2D eigenvalue weighted by atomic mass is 9.81. The fourth-order valence-corrected chi connectivity index (χ4v) is 2.48. The highest BCUT2D eigenvalue weighted by atomic mass is 32.2. The molecule has 0 heterocycles. The van der Waals surface area contributed by atoms with E-state index < -0.39 is 35.7 Å². The van der Waals surface area contributed by atoms with Crippen molar-refractivity contribution in [3.63, 3.8) is 0 Å². The van der Waals surface area contributed by atoms with Crippen molar-refractivity contribution in [2.75, 3.05) is 0 Å². The van der Waals surface area contributed by atoms with Gasteiger partial charge in [-0.15, -0.1) is 0 Å². The predicted octanol–water partition coefficient (Wildman–Crippen LogP) is 2.40. The zero-order valence-corrected chi connectivity index (χ0v) is 9.07. The van der Waals surface area contributed by atoms with Crippen LogP contribution >= 0.6 is 0 Å². The molecule has 0 aromatic heterocycles. The van der Waals surface area contributed by atoms with Crippen LogP contribution in [0.5, 0.6) is 0 Å². The maximum atomic E-state index is 13.5. The highest BCUT2D eigenvalue weighted by molar-refractivity contribution is 7.74. The lowest BCUT2D eigenvalue weighted by Gasteiger charge is -2.40. The predicted molar refractivity (Wildman–Crippen MR) is 46.8 cm³/mol. The molecule has 0 spiro atoms. The Morgan fingerprint density at radius 2 is 2.06 bits per heavy atom. The minimum atomic E-state index is -4.65. The van der Waals surface area contributed by atoms with Crippen LogP contribution in [0.25, 0.3) is 0 Å². The lowest BCUT2D eigenvalue weighted by Crippen LogP contribution is -2.48. The first-order valence-corrected chi connectivity index (χ1v) is 5.75. The van der Waals surface area contributed by atoms with E-state index in [0.29, 0.717) is 12.8 Å². The van der Waals surface area contributed by atoms with Crippen LogP contribution < -0.4 is 0 Å². The summed E-state index contributed by atoms with van der Waals surface area (Å²) in [6.07, 6.45) is -7.70. The van der Waals surface area contributed by atoms with Crippen molar-refractivity contribution in [1.82, 2.24) is 0 Å². The van der Waals surface area contributed by atoms with Gasteiger partial charge >= 0.3 is 6.18 Å². The van der Waals surface area contributed by atoms with Gasteiger partial charge in [0, 0.05) is 0 Å². The monoisotopic (exact) mass is 263 g/mol. The molecule has 1 rings (SSSR count). The third-order valence-electron chi connectivity index (χ3n) is 2.61. The van der Waals surface area contributed by atoms with Gasteiger partial charge in [-0.2, -0.15) is 13.2 Å². The summed E-state index contributed by atoms with van der Waals surface area (Å²) in [5.41, 5.74) is -2.26. The highest BCUT2D eigenvalue weighted by Gasteiger charge is 2.50. The fourth-order valence-electron chi connectivity index (χ4n) is 1.96. The summed E-state index contributed by atoms with van der Waals surface area (Å²) in [5, 5.41) is 0. The van der Waals surface area contributed by atoms with Crippen molar-refractivity contribution in [3.8, 4) is 0 Å². The summed E-state index contributed by atoms with van der Waals surface area (Å²) >= 11 is -3.15. The Balaban J connectivity index is 2.86. The van der Waals surface area contributed by atoms with Crippen molar-refractivity contribution >= 4 is 11.4 Å². The maximum Gasteiger partial charge on any atom is 0.392 e. The molecule has 3 atom stereocenters. The molecule has 1 saturated carbocycles. The Morgan fingerprint density at radius 1 is 1.44 bits per heavy atom. The van der Waals surface area contributed by atoms with Crippen LogP contribution in [0.1, 0.15) is 32.1 Å². The lowest BCUT2D eigenvalue weighted by molar-refractivity contribution is -0.188. The zero-order valence-electron chi connectivity index (χ0n) is 8.26. The minimum Gasteiger partial charge on any atom is -0.750 e. The number of hydrogen-bond donors (Lipinski definition) is 0. The van der Waals surface area contributed by atoms with Crippen LogP contribution in [0.2, 0.25) is 0 Å². The van der Waals surface area contributed by atoms with E-state index in [0.717, 1.165) is 0 Å². The molecular formula is C8H11F4O3S-. The zero-order chi connectivity index (χ0) is 12.4. The van der Waals surface area contributed by atoms with Crippen molar-refractivity contribution in [1.29, 1.82) is 0 Å². The van der Waals surface area contributed by atoms with Crippen molar-refractivity contribution < 1.29 is 30.5 Å². The fraction of sp³-hybridized carbons (Fsp3) is 1.00. The second kappa shape index (κ2) is 4.97. The average Bonchev–Trinajstić information content (AvgIpc) is 2.06. The SMILES string of the molecule is O=S([O-])OC1(CC(F)(F)F)CCCCC1F. The van der Waals surface area contributed by atoms with E-state index >= 15 is 0 Å². The van der Waals surface area contributed by atoms with Gasteiger partial charge in [0.15, 0.2) is 0 Å². The Bertz CT molecular complexity index is 270. The van der Waals surface area contributed by atoms with Crippen LogP contribution in [0.4, 0.5) is 17.6 Å². The topological polar surface area (TPSA) is 49.4 Å². The standard InChI is InChI=1S/C8H12F4O3S/c9-6-3-1-2-4-7(6,15-16(13)14)5-8(10,11)12/h6H,1-5H2,(H,13,14)/p-1. The van der Waals surface area contributed by atoms with E-state index in [1.54, 1.807) is 0 Å². The normalized spacial score (nSPS) is 33.7. The molecule has 1 fully saturated rings. The molecule has 1 aliphatic carbocycles. The molecule has 96 valence electrons. The number of rotatable bonds is 3. The van der Waals surface area contributed by atoms with Gasteiger partial charge in [-0.1, -0.05) is 12.8 Å². The van der Waals surface area contributed by atoms with Crippen molar-refractivity contribution in [3.05, 3.63) is 0 Å². The molecule has 1 aliphatic rings. The molecule has 0 N–H and O–H groups in total. The molecule has 0 saturated heterocycles. The first-order valence-electron chi connectivity index (χ1n) is 4.75. The molecule has 0 bridgehead atoms. The summed E-state index contributed by atoms with van der Waals surface area (Å²) in [6.45, 7) is 0. The molecule has 16 heavy (non-hydrogen) atoms. The largest absolute Gasteiger partial charge is 0.750 e. The third kappa shape index (κ3) is 3.67. The van der Waals surface area contributed by atoms with Gasteiger partial charge in [-0.05, 0) is 12.8 Å². The first kappa shape index (κ1) is 13.9. The Morgan fingerprint density at radius 3 is 2.50 bits per heavy atom. The summed E-state index contributed by atoms with van der Waals surface area (Å²) < 4.78 is 75.2. The second-order valence-corrected chi connectivity index (χ2v) is 4.43. The van der Waals surface area contributed by atoms with Crippen LogP contribution in [-0.2, 0) is 15.5 Å². The van der Waals surface area contributed by atoms with Crippen LogP contribution in [0.15, 0.2) is 0 Å². The van der Waals surface area contributed by atoms with E-state index in [9.17, 15) is 26.3 Å². The number of halogens is 4. The van der Waals surface area contributed by atoms with E-state index in [1.807, 2.05) is 0 Å². The van der Waals surface area contributed by atoms with Gasteiger partial charge in [-0.25, -0.2) is 8.60 Å². The maximum absolute atomic E-state index is 13.5. The van der Waals surface area contributed by atoms with Gasteiger partial charge in [0.05, 0.1) is 17.8 Å². The van der Waals surface area contributed by atoms with Crippen LogP contribution in [0.3, 0.4) is 0 Å². The molecule has 8 heteroatoms. The van der Waals surface area contributed by atoms with E-state index in [4.69, 9.17) is 0 Å². The molecule has 0 amide bonds. The summed E-state index contributed by atoms with van der Waals surface area (Å²) in [4.78, 5) is 0. The minimum absolute atomic E-state index is 0.104. The molecule has 0 aliphatic heterocycles. The van der Waals surface area contributed by atoms with Gasteiger partial charge in [0.1, 0.15) is 11.8 Å². The third-order valence-corrected chi connectivity index (χ3v) is 3.08. The Labute approximate surface area is 92.7 Å². The first-order chi connectivity index (χ1) is 7.25. The molecule has 0 radical (unpaired) electrons. The number of hydrogen-bond acceptors (Lipinski definition) is 3.